The van der Waals surface area contributed by atoms with E-state index in [-0.39, 0.29) is 11.6 Å². The van der Waals surface area contributed by atoms with Gasteiger partial charge in [-0.1, -0.05) is 24.3 Å². The number of imidazole rings is 1. The smallest absolute Gasteiger partial charge is 0.333 e. The molecule has 0 radical (unpaired) electrons. The summed E-state index contributed by atoms with van der Waals surface area (Å²) in [6, 6.07) is 13.8. The first kappa shape index (κ1) is 16.7. The predicted molar refractivity (Wildman–Crippen MR) is 104 cm³/mol. The Morgan fingerprint density at radius 2 is 2.00 bits per heavy atom. The van der Waals surface area contributed by atoms with Gasteiger partial charge in [0.2, 0.25) is 0 Å². The number of aromatic nitrogens is 2. The number of aliphatic carboxylic acids is 1. The number of aryl methyl sites for hydroxylation is 1. The van der Waals surface area contributed by atoms with Crippen LogP contribution < -0.4 is 5.69 Å². The first-order valence-corrected chi connectivity index (χ1v) is 9.38. The highest BCUT2D eigenvalue weighted by atomic mass is 32.2. The fraction of sp³-hybridized carbons (Fsp3) is 0.200. The number of carbonyl (C=O) groups is 1. The maximum Gasteiger partial charge on any atom is 0.333 e. The standard InChI is InChI=1S/C20H18N2O3S/c1-13-5-4-8-17-19(13)14(12-26-17)11-22-16-7-3-2-6-15(16)21(20(22)25)10-9-18(23)24/h2-10,14H,11-12H2,1H3,(H,23,24)/b10-9+. The molecule has 0 saturated heterocycles. The van der Waals surface area contributed by atoms with Crippen molar-refractivity contribution in [2.24, 2.45) is 0 Å². The number of nitrogens with zero attached hydrogens (tertiary/aromatic N) is 2. The molecule has 1 aliphatic heterocycles. The van der Waals surface area contributed by atoms with Crippen molar-refractivity contribution in [1.29, 1.82) is 0 Å². The van der Waals surface area contributed by atoms with Crippen LogP contribution in [0.4, 0.5) is 0 Å². The molecule has 0 amide bonds. The fourth-order valence-electron chi connectivity index (χ4n) is 3.63. The lowest BCUT2D eigenvalue weighted by Gasteiger charge is -2.14. The molecule has 2 heterocycles. The van der Waals surface area contributed by atoms with E-state index in [1.165, 1.54) is 26.8 Å². The zero-order valence-electron chi connectivity index (χ0n) is 14.3. The summed E-state index contributed by atoms with van der Waals surface area (Å²) in [7, 11) is 0. The van der Waals surface area contributed by atoms with Crippen molar-refractivity contribution in [3.8, 4) is 0 Å². The Morgan fingerprint density at radius 3 is 2.77 bits per heavy atom. The van der Waals surface area contributed by atoms with Gasteiger partial charge in [-0.15, -0.1) is 11.8 Å². The molecular weight excluding hydrogens is 348 g/mol. The van der Waals surface area contributed by atoms with E-state index in [0.717, 1.165) is 17.3 Å². The van der Waals surface area contributed by atoms with Gasteiger partial charge in [-0.3, -0.25) is 9.13 Å². The van der Waals surface area contributed by atoms with E-state index in [1.54, 1.807) is 4.57 Å². The number of hydrogen-bond donors (Lipinski definition) is 1. The minimum absolute atomic E-state index is 0.212. The molecule has 1 aliphatic rings. The molecule has 0 bridgehead atoms. The Labute approximate surface area is 154 Å². The lowest BCUT2D eigenvalue weighted by atomic mass is 9.96. The van der Waals surface area contributed by atoms with Crippen LogP contribution >= 0.6 is 11.8 Å². The second-order valence-electron chi connectivity index (χ2n) is 6.40. The van der Waals surface area contributed by atoms with Crippen LogP contribution in [0.3, 0.4) is 0 Å². The molecule has 2 aromatic carbocycles. The van der Waals surface area contributed by atoms with Crippen molar-refractivity contribution in [1.82, 2.24) is 9.13 Å². The monoisotopic (exact) mass is 366 g/mol. The first-order valence-electron chi connectivity index (χ1n) is 8.39. The summed E-state index contributed by atoms with van der Waals surface area (Å²) >= 11 is 1.83. The predicted octanol–water partition coefficient (Wildman–Crippen LogP) is 3.56. The van der Waals surface area contributed by atoms with E-state index in [9.17, 15) is 9.59 Å². The molecule has 5 nitrogen and oxygen atoms in total. The number of fused-ring (bicyclic) bond motifs is 2. The molecule has 6 heteroatoms. The maximum absolute atomic E-state index is 13.0. The fourth-order valence-corrected chi connectivity index (χ4v) is 4.94. The SMILES string of the molecule is Cc1cccc2c1C(Cn1c(=O)n(/C=C/C(=O)O)c3ccccc31)CS2. The molecule has 0 fully saturated rings. The van der Waals surface area contributed by atoms with E-state index in [4.69, 9.17) is 5.11 Å². The highest BCUT2D eigenvalue weighted by molar-refractivity contribution is 7.99. The number of para-hydroxylation sites is 2. The Balaban J connectivity index is 1.81. The average molecular weight is 366 g/mol. The van der Waals surface area contributed by atoms with Gasteiger partial charge in [-0.2, -0.15) is 0 Å². The minimum atomic E-state index is -1.08. The van der Waals surface area contributed by atoms with Crippen molar-refractivity contribution in [2.45, 2.75) is 24.3 Å². The van der Waals surface area contributed by atoms with Crippen LogP contribution in [0, 0.1) is 6.92 Å². The molecule has 1 N–H and O–H groups in total. The van der Waals surface area contributed by atoms with Gasteiger partial charge in [-0.05, 0) is 36.2 Å². The molecule has 4 rings (SSSR count). The van der Waals surface area contributed by atoms with Gasteiger partial charge in [-0.25, -0.2) is 9.59 Å². The molecule has 3 aromatic rings. The third-order valence-corrected chi connectivity index (χ3v) is 6.01. The van der Waals surface area contributed by atoms with E-state index in [1.807, 2.05) is 36.0 Å². The van der Waals surface area contributed by atoms with Gasteiger partial charge in [0, 0.05) is 35.4 Å². The van der Waals surface area contributed by atoms with Crippen molar-refractivity contribution < 1.29 is 9.90 Å². The van der Waals surface area contributed by atoms with Crippen molar-refractivity contribution >= 4 is 35.0 Å². The van der Waals surface area contributed by atoms with E-state index in [2.05, 4.69) is 25.1 Å². The van der Waals surface area contributed by atoms with E-state index < -0.39 is 5.97 Å². The second kappa shape index (κ2) is 6.53. The average Bonchev–Trinajstić information content (AvgIpc) is 3.15. The van der Waals surface area contributed by atoms with Crippen LogP contribution in [0.2, 0.25) is 0 Å². The number of benzene rings is 2. The van der Waals surface area contributed by atoms with Crippen LogP contribution in [0.1, 0.15) is 17.0 Å². The van der Waals surface area contributed by atoms with E-state index >= 15 is 0 Å². The normalized spacial score (nSPS) is 16.4. The van der Waals surface area contributed by atoms with Gasteiger partial charge in [0.1, 0.15) is 0 Å². The lowest BCUT2D eigenvalue weighted by molar-refractivity contribution is -0.131. The molecule has 132 valence electrons. The molecule has 0 spiro atoms. The summed E-state index contributed by atoms with van der Waals surface area (Å²) in [5.74, 6) is 0.124. The summed E-state index contributed by atoms with van der Waals surface area (Å²) in [6.07, 6.45) is 2.31. The van der Waals surface area contributed by atoms with Crippen molar-refractivity contribution in [3.05, 3.63) is 70.2 Å². The van der Waals surface area contributed by atoms with Crippen LogP contribution in [0.5, 0.6) is 0 Å². The number of carboxylic acids is 1. The van der Waals surface area contributed by atoms with Gasteiger partial charge in [0.05, 0.1) is 11.0 Å². The highest BCUT2D eigenvalue weighted by Crippen LogP contribution is 2.42. The lowest BCUT2D eigenvalue weighted by Crippen LogP contribution is -2.24. The van der Waals surface area contributed by atoms with E-state index in [0.29, 0.717) is 12.1 Å². The summed E-state index contributed by atoms with van der Waals surface area (Å²) in [5.41, 5.74) is 3.89. The molecule has 26 heavy (non-hydrogen) atoms. The quantitative estimate of drug-likeness (QED) is 0.717. The number of carboxylic acid groups (broad SMARTS) is 1. The Morgan fingerprint density at radius 1 is 1.23 bits per heavy atom. The summed E-state index contributed by atoms with van der Waals surface area (Å²) in [5, 5.41) is 8.90. The second-order valence-corrected chi connectivity index (χ2v) is 7.46. The van der Waals surface area contributed by atoms with Gasteiger partial charge >= 0.3 is 11.7 Å². The number of hydrogen-bond acceptors (Lipinski definition) is 3. The maximum atomic E-state index is 13.0. The summed E-state index contributed by atoms with van der Waals surface area (Å²) in [6.45, 7) is 2.69. The van der Waals surface area contributed by atoms with Gasteiger partial charge in [0.25, 0.3) is 0 Å². The van der Waals surface area contributed by atoms with Crippen LogP contribution in [-0.4, -0.2) is 26.0 Å². The zero-order valence-corrected chi connectivity index (χ0v) is 15.1. The van der Waals surface area contributed by atoms with Crippen LogP contribution in [0.25, 0.3) is 17.2 Å². The van der Waals surface area contributed by atoms with Crippen molar-refractivity contribution in [3.63, 3.8) is 0 Å². The third kappa shape index (κ3) is 2.76. The zero-order chi connectivity index (χ0) is 18.3. The molecule has 1 unspecified atom stereocenters. The minimum Gasteiger partial charge on any atom is -0.478 e. The molecule has 0 saturated carbocycles. The van der Waals surface area contributed by atoms with Gasteiger partial charge in [0.15, 0.2) is 0 Å². The molecular formula is C20H18N2O3S. The summed E-state index contributed by atoms with van der Waals surface area (Å²) < 4.78 is 3.17. The first-order chi connectivity index (χ1) is 12.6. The Bertz CT molecular complexity index is 1090. The topological polar surface area (TPSA) is 64.2 Å². The Hall–Kier alpha value is -2.73. The highest BCUT2D eigenvalue weighted by Gasteiger charge is 2.26. The van der Waals surface area contributed by atoms with Crippen LogP contribution in [0.15, 0.2) is 58.2 Å². The van der Waals surface area contributed by atoms with Crippen molar-refractivity contribution in [2.75, 3.05) is 5.75 Å². The van der Waals surface area contributed by atoms with Gasteiger partial charge < -0.3 is 5.11 Å². The number of thioether (sulfide) groups is 1. The molecule has 0 aliphatic carbocycles. The third-order valence-electron chi connectivity index (χ3n) is 4.77. The number of rotatable bonds is 4. The van der Waals surface area contributed by atoms with Crippen LogP contribution in [-0.2, 0) is 11.3 Å². The molecule has 1 atom stereocenters. The molecule has 1 aromatic heterocycles. The Kier molecular flexibility index (Phi) is 4.20. The summed E-state index contributed by atoms with van der Waals surface area (Å²) in [4.78, 5) is 25.1. The largest absolute Gasteiger partial charge is 0.478 e.